The fourth-order valence-electron chi connectivity index (χ4n) is 0.744. The maximum Gasteiger partial charge on any atom is 0.461 e. The van der Waals surface area contributed by atoms with Crippen LogP contribution in [0.2, 0.25) is 5.82 Å². The largest absolute Gasteiger partial charge is 0.461 e. The van der Waals surface area contributed by atoms with Gasteiger partial charge in [0.15, 0.2) is 0 Å². The van der Waals surface area contributed by atoms with Crippen LogP contribution in [0, 0.1) is 0 Å². The van der Waals surface area contributed by atoms with E-state index in [-0.39, 0.29) is 5.82 Å². The molecule has 0 fully saturated rings. The lowest BCUT2D eigenvalue weighted by atomic mass is 9.73. The van der Waals surface area contributed by atoms with E-state index in [1.165, 1.54) is 0 Å². The lowest BCUT2D eigenvalue weighted by molar-refractivity contribution is 0.150. The van der Waals surface area contributed by atoms with E-state index in [4.69, 9.17) is 14.8 Å². The first kappa shape index (κ1) is 6.80. The highest BCUT2D eigenvalue weighted by atomic mass is 16.5. The van der Waals surface area contributed by atoms with Crippen molar-refractivity contribution in [2.24, 2.45) is 0 Å². The van der Waals surface area contributed by atoms with Gasteiger partial charge in [0.05, 0.1) is 13.2 Å². The third kappa shape index (κ3) is 1.82. The molecule has 0 spiro atoms. The third-order valence-electron chi connectivity index (χ3n) is 1.29. The summed E-state index contributed by atoms with van der Waals surface area (Å²) >= 11 is 0. The van der Waals surface area contributed by atoms with Gasteiger partial charge in [0, 0.05) is 5.82 Å². The second-order valence-electron chi connectivity index (χ2n) is 2.04. The summed E-state index contributed by atoms with van der Waals surface area (Å²) in [6.45, 7) is 0.997. The third-order valence-corrected chi connectivity index (χ3v) is 1.29. The number of hydrogen-bond acceptors (Lipinski definition) is 3. The molecule has 1 aliphatic heterocycles. The maximum atomic E-state index is 8.60. The molecule has 3 nitrogen and oxygen atoms in total. The van der Waals surface area contributed by atoms with Gasteiger partial charge in [0.1, 0.15) is 0 Å². The first-order chi connectivity index (χ1) is 4.30. The topological polar surface area (TPSA) is 49.7 Å². The Kier molecular flexibility index (Phi) is 2.27. The van der Waals surface area contributed by atoms with Crippen LogP contribution in [0.4, 0.5) is 0 Å². The zero-order valence-electron chi connectivity index (χ0n) is 5.03. The van der Waals surface area contributed by atoms with Crippen LogP contribution in [0.3, 0.4) is 0 Å². The van der Waals surface area contributed by atoms with Gasteiger partial charge in [-0.25, -0.2) is 0 Å². The molecule has 1 rings (SSSR count). The van der Waals surface area contributed by atoms with Crippen LogP contribution in [0.5, 0.6) is 0 Å². The van der Waals surface area contributed by atoms with Gasteiger partial charge in [0.2, 0.25) is 0 Å². The number of hydrogen-bond donors (Lipinski definition) is 2. The summed E-state index contributed by atoms with van der Waals surface area (Å²) in [7, 11) is -1.28. The van der Waals surface area contributed by atoms with Crippen molar-refractivity contribution < 1.29 is 14.8 Å². The van der Waals surface area contributed by atoms with Crippen molar-refractivity contribution in [2.45, 2.75) is 5.82 Å². The molecule has 9 heavy (non-hydrogen) atoms. The molecule has 0 aromatic rings. The summed E-state index contributed by atoms with van der Waals surface area (Å²) in [5, 5.41) is 17.2. The van der Waals surface area contributed by atoms with Crippen LogP contribution in [0.15, 0.2) is 12.2 Å². The van der Waals surface area contributed by atoms with Gasteiger partial charge >= 0.3 is 7.12 Å². The van der Waals surface area contributed by atoms with Gasteiger partial charge < -0.3 is 14.8 Å². The Bertz CT molecular complexity index is 113. The molecule has 1 atom stereocenters. The predicted molar refractivity (Wildman–Crippen MR) is 33.9 cm³/mol. The smallest absolute Gasteiger partial charge is 0.427 e. The second-order valence-corrected chi connectivity index (χ2v) is 2.04. The van der Waals surface area contributed by atoms with Gasteiger partial charge in [0.25, 0.3) is 0 Å². The van der Waals surface area contributed by atoms with Gasteiger partial charge in [-0.3, -0.25) is 0 Å². The van der Waals surface area contributed by atoms with Crippen molar-refractivity contribution in [3.63, 3.8) is 0 Å². The average Bonchev–Trinajstić information content (AvgIpc) is 1.90. The molecule has 50 valence electrons. The highest BCUT2D eigenvalue weighted by Crippen LogP contribution is 2.12. The minimum absolute atomic E-state index is 0.237. The zero-order chi connectivity index (χ0) is 6.69. The lowest BCUT2D eigenvalue weighted by Gasteiger charge is -2.14. The Balaban J connectivity index is 2.40. The molecular formula is C5H9BO3. The lowest BCUT2D eigenvalue weighted by Crippen LogP contribution is -2.24. The second kappa shape index (κ2) is 3.01. The molecule has 4 heteroatoms. The monoisotopic (exact) mass is 128 g/mol. The van der Waals surface area contributed by atoms with E-state index in [0.29, 0.717) is 13.2 Å². The van der Waals surface area contributed by atoms with Gasteiger partial charge in [-0.05, 0) is 0 Å². The normalized spacial score (nSPS) is 26.2. The fraction of sp³-hybridized carbons (Fsp3) is 0.600. The van der Waals surface area contributed by atoms with E-state index < -0.39 is 7.12 Å². The van der Waals surface area contributed by atoms with Crippen LogP contribution in [-0.4, -0.2) is 30.4 Å². The Morgan fingerprint density at radius 1 is 1.56 bits per heavy atom. The summed E-state index contributed by atoms with van der Waals surface area (Å²) in [6.07, 6.45) is 3.54. The molecule has 2 N–H and O–H groups in total. The Labute approximate surface area is 54.1 Å². The van der Waals surface area contributed by atoms with Crippen LogP contribution in [-0.2, 0) is 4.74 Å². The molecule has 0 amide bonds. The molecule has 0 bridgehead atoms. The van der Waals surface area contributed by atoms with Crippen molar-refractivity contribution in [1.29, 1.82) is 0 Å². The van der Waals surface area contributed by atoms with E-state index in [1.54, 1.807) is 12.2 Å². The first-order valence-electron chi connectivity index (χ1n) is 2.91. The SMILES string of the molecule is OB(O)C1C=CCOC1. The van der Waals surface area contributed by atoms with Crippen LogP contribution < -0.4 is 0 Å². The van der Waals surface area contributed by atoms with E-state index in [1.807, 2.05) is 0 Å². The van der Waals surface area contributed by atoms with Crippen LogP contribution >= 0.6 is 0 Å². The van der Waals surface area contributed by atoms with Crippen LogP contribution in [0.25, 0.3) is 0 Å². The van der Waals surface area contributed by atoms with Crippen molar-refractivity contribution in [2.75, 3.05) is 13.2 Å². The van der Waals surface area contributed by atoms with Crippen molar-refractivity contribution in [1.82, 2.24) is 0 Å². The fourth-order valence-corrected chi connectivity index (χ4v) is 0.744. The Hall–Kier alpha value is -0.315. The highest BCUT2D eigenvalue weighted by Gasteiger charge is 2.21. The van der Waals surface area contributed by atoms with E-state index in [0.717, 1.165) is 0 Å². The summed E-state index contributed by atoms with van der Waals surface area (Å²) in [6, 6.07) is 0. The summed E-state index contributed by atoms with van der Waals surface area (Å²) in [4.78, 5) is 0. The van der Waals surface area contributed by atoms with E-state index in [9.17, 15) is 0 Å². The molecule has 0 aromatic heterocycles. The summed E-state index contributed by atoms with van der Waals surface area (Å²) in [5.74, 6) is -0.237. The molecule has 0 radical (unpaired) electrons. The molecule has 0 saturated carbocycles. The maximum absolute atomic E-state index is 8.60. The Morgan fingerprint density at radius 2 is 2.33 bits per heavy atom. The first-order valence-corrected chi connectivity index (χ1v) is 2.91. The number of ether oxygens (including phenoxy) is 1. The quantitative estimate of drug-likeness (QED) is 0.366. The van der Waals surface area contributed by atoms with E-state index in [2.05, 4.69) is 0 Å². The average molecular weight is 128 g/mol. The van der Waals surface area contributed by atoms with Crippen molar-refractivity contribution in [3.05, 3.63) is 12.2 Å². The summed E-state index contributed by atoms with van der Waals surface area (Å²) < 4.78 is 4.94. The van der Waals surface area contributed by atoms with Gasteiger partial charge in [-0.1, -0.05) is 12.2 Å². The standard InChI is InChI=1S/C5H9BO3/c7-6(8)5-2-1-3-9-4-5/h1-2,5,7-8H,3-4H2. The highest BCUT2D eigenvalue weighted by molar-refractivity contribution is 6.44. The summed E-state index contributed by atoms with van der Waals surface area (Å²) in [5.41, 5.74) is 0. The molecular weight excluding hydrogens is 119 g/mol. The predicted octanol–water partition coefficient (Wildman–Crippen LogP) is -0.584. The van der Waals surface area contributed by atoms with Gasteiger partial charge in [-0.15, -0.1) is 0 Å². The molecule has 1 heterocycles. The Morgan fingerprint density at radius 3 is 2.67 bits per heavy atom. The molecule has 0 aliphatic carbocycles. The van der Waals surface area contributed by atoms with Crippen LogP contribution in [0.1, 0.15) is 0 Å². The minimum Gasteiger partial charge on any atom is -0.427 e. The molecule has 0 aromatic carbocycles. The number of rotatable bonds is 1. The van der Waals surface area contributed by atoms with Gasteiger partial charge in [-0.2, -0.15) is 0 Å². The zero-order valence-corrected chi connectivity index (χ0v) is 5.03. The molecule has 1 unspecified atom stereocenters. The van der Waals surface area contributed by atoms with Crippen molar-refractivity contribution in [3.8, 4) is 0 Å². The van der Waals surface area contributed by atoms with E-state index >= 15 is 0 Å². The molecule has 0 saturated heterocycles. The molecule has 1 aliphatic rings. The minimum atomic E-state index is -1.28. The van der Waals surface area contributed by atoms with Crippen molar-refractivity contribution >= 4 is 7.12 Å².